The molecule has 0 aliphatic carbocycles. The predicted molar refractivity (Wildman–Crippen MR) is 80.5 cm³/mol. The van der Waals surface area contributed by atoms with E-state index in [9.17, 15) is 13.2 Å². The number of hydrogen-bond acceptors (Lipinski definition) is 1. The third-order valence-electron chi connectivity index (χ3n) is 4.75. The number of nitrogens with zero attached hydrogens (tertiary/aromatic N) is 2. The highest BCUT2D eigenvalue weighted by molar-refractivity contribution is 5.70. The van der Waals surface area contributed by atoms with Crippen molar-refractivity contribution in [3.05, 3.63) is 58.9 Å². The summed E-state index contributed by atoms with van der Waals surface area (Å²) in [5.74, 6) is -2.34. The second-order valence-electron chi connectivity index (χ2n) is 6.38. The number of quaternary nitrogens is 1. The zero-order valence-electron chi connectivity index (χ0n) is 13.1. The first kappa shape index (κ1) is 15.1. The van der Waals surface area contributed by atoms with Gasteiger partial charge in [0.2, 0.25) is 0 Å². The molecule has 124 valence electrons. The van der Waals surface area contributed by atoms with Crippen molar-refractivity contribution in [1.29, 1.82) is 0 Å². The van der Waals surface area contributed by atoms with Crippen molar-refractivity contribution in [2.45, 2.75) is 31.8 Å². The van der Waals surface area contributed by atoms with Crippen LogP contribution >= 0.6 is 0 Å². The minimum Gasteiger partial charge on any atom is -0.351 e. The van der Waals surface area contributed by atoms with Gasteiger partial charge in [-0.3, -0.25) is 4.98 Å². The highest BCUT2D eigenvalue weighted by Crippen LogP contribution is 2.29. The maximum absolute atomic E-state index is 14.2. The number of hydrogen-bond donors (Lipinski definition) is 2. The van der Waals surface area contributed by atoms with Crippen molar-refractivity contribution < 1.29 is 23.5 Å². The largest absolute Gasteiger partial charge is 0.351 e. The molecule has 0 spiro atoms. The van der Waals surface area contributed by atoms with Crippen LogP contribution in [0, 0.1) is 24.4 Å². The predicted octanol–water partition coefficient (Wildman–Crippen LogP) is 1.53. The first-order valence-electron chi connectivity index (χ1n) is 7.78. The SMILES string of the molecule is Cc1cc2c(cn1)[nH]c1[n+]2C[C@H]([NH3+])[C@@H](c2cc(F)c(F)cc2F)C1. The van der Waals surface area contributed by atoms with Crippen LogP contribution in [0.15, 0.2) is 24.4 Å². The average molecular weight is 334 g/mol. The highest BCUT2D eigenvalue weighted by Gasteiger charge is 2.38. The molecule has 0 saturated carbocycles. The third kappa shape index (κ3) is 2.27. The lowest BCUT2D eigenvalue weighted by Crippen LogP contribution is -2.71. The highest BCUT2D eigenvalue weighted by atomic mass is 19.2. The Kier molecular flexibility index (Phi) is 3.35. The molecule has 0 radical (unpaired) electrons. The number of nitrogens with one attached hydrogen (secondary N) is 1. The van der Waals surface area contributed by atoms with Crippen LogP contribution in [0.2, 0.25) is 0 Å². The minimum absolute atomic E-state index is 0.158. The van der Waals surface area contributed by atoms with E-state index in [1.54, 1.807) is 6.20 Å². The van der Waals surface area contributed by atoms with Crippen LogP contribution in [-0.4, -0.2) is 16.0 Å². The Hall–Kier alpha value is -2.41. The number of aryl methyl sites for hydroxylation is 1. The van der Waals surface area contributed by atoms with Crippen LogP contribution in [0.25, 0.3) is 11.0 Å². The number of benzene rings is 1. The minimum atomic E-state index is -1.17. The first-order chi connectivity index (χ1) is 11.4. The lowest BCUT2D eigenvalue weighted by Gasteiger charge is -2.24. The number of fused-ring (bicyclic) bond motifs is 3. The van der Waals surface area contributed by atoms with E-state index in [0.717, 1.165) is 28.6 Å². The fraction of sp³-hybridized carbons (Fsp3) is 0.294. The van der Waals surface area contributed by atoms with E-state index >= 15 is 0 Å². The van der Waals surface area contributed by atoms with Crippen molar-refractivity contribution in [2.75, 3.05) is 0 Å². The van der Waals surface area contributed by atoms with E-state index in [4.69, 9.17) is 0 Å². The Morgan fingerprint density at radius 2 is 1.92 bits per heavy atom. The Labute approximate surface area is 136 Å². The molecule has 0 fully saturated rings. The van der Waals surface area contributed by atoms with Gasteiger partial charge in [0.25, 0.3) is 5.82 Å². The first-order valence-corrected chi connectivity index (χ1v) is 7.78. The van der Waals surface area contributed by atoms with Crippen LogP contribution in [-0.2, 0) is 13.0 Å². The molecule has 7 heteroatoms. The van der Waals surface area contributed by atoms with E-state index in [1.807, 2.05) is 13.0 Å². The number of rotatable bonds is 1. The number of imidazole rings is 1. The van der Waals surface area contributed by atoms with Crippen molar-refractivity contribution in [2.24, 2.45) is 0 Å². The number of pyridine rings is 1. The van der Waals surface area contributed by atoms with Gasteiger partial charge in [-0.05, 0) is 13.0 Å². The van der Waals surface area contributed by atoms with E-state index in [1.165, 1.54) is 0 Å². The van der Waals surface area contributed by atoms with E-state index in [2.05, 4.69) is 20.3 Å². The molecule has 0 bridgehead atoms. The van der Waals surface area contributed by atoms with Gasteiger partial charge in [-0.2, -0.15) is 0 Å². The molecule has 4 N–H and O–H groups in total. The van der Waals surface area contributed by atoms with E-state index in [0.29, 0.717) is 19.0 Å². The molecule has 1 aromatic carbocycles. The number of H-pyrrole nitrogens is 1. The standard InChI is InChI=1S/C17H15F3N4/c1-8-2-16-15(6-22-8)23-17-4-10(14(21)7-24(16)17)9-3-12(19)13(20)5-11(9)18/h2-3,5-6,10,14H,4,7,21H2,1H3/p+2/t10-,14+/m1/s1. The molecule has 0 amide bonds. The smallest absolute Gasteiger partial charge is 0.256 e. The lowest BCUT2D eigenvalue weighted by atomic mass is 9.86. The molecule has 0 saturated heterocycles. The number of aromatic nitrogens is 3. The fourth-order valence-electron chi connectivity index (χ4n) is 3.53. The van der Waals surface area contributed by atoms with Crippen LogP contribution < -0.4 is 10.3 Å². The topological polar surface area (TPSA) is 60.2 Å². The molecule has 4 nitrogen and oxygen atoms in total. The van der Waals surface area contributed by atoms with Crippen LogP contribution in [0.5, 0.6) is 0 Å². The average Bonchev–Trinajstić information content (AvgIpc) is 2.87. The van der Waals surface area contributed by atoms with Gasteiger partial charge < -0.3 is 5.73 Å². The summed E-state index contributed by atoms with van der Waals surface area (Å²) < 4.78 is 43.0. The molecule has 2 aromatic heterocycles. The molecule has 3 heterocycles. The Morgan fingerprint density at radius 3 is 2.71 bits per heavy atom. The fourth-order valence-corrected chi connectivity index (χ4v) is 3.53. The zero-order valence-corrected chi connectivity index (χ0v) is 13.1. The Balaban J connectivity index is 1.80. The van der Waals surface area contributed by atoms with Gasteiger partial charge in [-0.25, -0.2) is 22.7 Å². The van der Waals surface area contributed by atoms with Crippen LogP contribution in [0.3, 0.4) is 0 Å². The molecule has 1 aliphatic rings. The van der Waals surface area contributed by atoms with Gasteiger partial charge in [0.05, 0.1) is 18.5 Å². The van der Waals surface area contributed by atoms with Crippen molar-refractivity contribution in [3.63, 3.8) is 0 Å². The Morgan fingerprint density at radius 1 is 1.17 bits per heavy atom. The molecular weight excluding hydrogens is 317 g/mol. The van der Waals surface area contributed by atoms with Crippen molar-refractivity contribution in [1.82, 2.24) is 9.97 Å². The van der Waals surface area contributed by atoms with Crippen molar-refractivity contribution >= 4 is 11.0 Å². The number of halogens is 3. The number of aromatic amines is 1. The van der Waals surface area contributed by atoms with E-state index in [-0.39, 0.29) is 17.5 Å². The Bertz CT molecular complexity index is 951. The van der Waals surface area contributed by atoms with Gasteiger partial charge in [0.1, 0.15) is 18.4 Å². The summed E-state index contributed by atoms with van der Waals surface area (Å²) in [6.07, 6.45) is 2.24. The van der Waals surface area contributed by atoms with Gasteiger partial charge in [-0.15, -0.1) is 0 Å². The van der Waals surface area contributed by atoms with Crippen molar-refractivity contribution in [3.8, 4) is 0 Å². The van der Waals surface area contributed by atoms with E-state index < -0.39 is 17.5 Å². The maximum atomic E-state index is 14.2. The molecule has 3 aromatic rings. The third-order valence-corrected chi connectivity index (χ3v) is 4.75. The normalized spacial score (nSPS) is 20.4. The summed E-state index contributed by atoms with van der Waals surface area (Å²) in [5, 5.41) is 0. The van der Waals surface area contributed by atoms with Gasteiger partial charge in [-0.1, -0.05) is 0 Å². The van der Waals surface area contributed by atoms with Gasteiger partial charge >= 0.3 is 0 Å². The quantitative estimate of drug-likeness (QED) is 0.515. The summed E-state index contributed by atoms with van der Waals surface area (Å²) >= 11 is 0. The lowest BCUT2D eigenvalue weighted by molar-refractivity contribution is -0.716. The summed E-state index contributed by atoms with van der Waals surface area (Å²) in [7, 11) is 0. The summed E-state index contributed by atoms with van der Waals surface area (Å²) in [6.45, 7) is 2.49. The molecule has 1 aliphatic heterocycles. The summed E-state index contributed by atoms with van der Waals surface area (Å²) in [4.78, 5) is 7.56. The molecule has 0 unspecified atom stereocenters. The van der Waals surface area contributed by atoms with Gasteiger partial charge in [0, 0.05) is 23.4 Å². The summed E-state index contributed by atoms with van der Waals surface area (Å²) in [6, 6.07) is 3.39. The molecule has 2 atom stereocenters. The van der Waals surface area contributed by atoms with Gasteiger partial charge in [0.15, 0.2) is 22.7 Å². The second-order valence-corrected chi connectivity index (χ2v) is 6.38. The molecule has 4 rings (SSSR count). The summed E-state index contributed by atoms with van der Waals surface area (Å²) in [5.41, 5.74) is 7.13. The van der Waals surface area contributed by atoms with Crippen LogP contribution in [0.4, 0.5) is 13.2 Å². The second kappa shape index (κ2) is 5.31. The zero-order chi connectivity index (χ0) is 17.0. The molecular formula is C17H17F3N4+2. The van der Waals surface area contributed by atoms with Crippen LogP contribution in [0.1, 0.15) is 23.0 Å². The monoisotopic (exact) mass is 334 g/mol. The molecule has 24 heavy (non-hydrogen) atoms. The maximum Gasteiger partial charge on any atom is 0.256 e.